The number of aromatic amines is 1. The summed E-state index contributed by atoms with van der Waals surface area (Å²) in [5, 5.41) is 10.4. The molecule has 1 fully saturated rings. The second-order valence-electron chi connectivity index (χ2n) is 9.05. The summed E-state index contributed by atoms with van der Waals surface area (Å²) in [5.74, 6) is 0. The molecule has 0 amide bonds. The molecular weight excluding hydrogens is 408 g/mol. The van der Waals surface area contributed by atoms with Gasteiger partial charge in [-0.2, -0.15) is 10.2 Å². The Morgan fingerprint density at radius 3 is 2.61 bits per heavy atom. The van der Waals surface area contributed by atoms with E-state index in [1.807, 2.05) is 29.5 Å². The van der Waals surface area contributed by atoms with Crippen molar-refractivity contribution in [3.63, 3.8) is 0 Å². The highest BCUT2D eigenvalue weighted by atomic mass is 15.3. The Bertz CT molecular complexity index is 1350. The van der Waals surface area contributed by atoms with Crippen molar-refractivity contribution in [3.05, 3.63) is 79.1 Å². The number of aryl methyl sites for hydroxylation is 2. The lowest BCUT2D eigenvalue weighted by atomic mass is 9.96. The van der Waals surface area contributed by atoms with Crippen LogP contribution in [0.3, 0.4) is 0 Å². The van der Waals surface area contributed by atoms with Crippen LogP contribution < -0.4 is 0 Å². The topological polar surface area (TPSA) is 64.3 Å². The molecular formula is C27H28N6. The Balaban J connectivity index is 1.25. The highest BCUT2D eigenvalue weighted by Gasteiger charge is 2.17. The molecule has 6 rings (SSSR count). The van der Waals surface area contributed by atoms with Crippen LogP contribution in [0.5, 0.6) is 0 Å². The number of fused-ring (bicyclic) bond motifs is 1. The maximum Gasteiger partial charge on any atom is 0.137 e. The number of hydrogen-bond acceptors (Lipinski definition) is 3. The third kappa shape index (κ3) is 4.09. The number of benzene rings is 1. The zero-order chi connectivity index (χ0) is 22.0. The molecule has 0 unspecified atom stereocenters. The van der Waals surface area contributed by atoms with Crippen LogP contribution in [-0.2, 0) is 13.0 Å². The van der Waals surface area contributed by atoms with Gasteiger partial charge in [-0.3, -0.25) is 9.36 Å². The molecule has 166 valence electrons. The zero-order valence-electron chi connectivity index (χ0n) is 18.7. The number of H-pyrrole nitrogens is 1. The van der Waals surface area contributed by atoms with Gasteiger partial charge in [0.15, 0.2) is 0 Å². The molecule has 0 aliphatic heterocycles. The summed E-state index contributed by atoms with van der Waals surface area (Å²) in [5.41, 5.74) is 6.67. The lowest BCUT2D eigenvalue weighted by Crippen LogP contribution is -2.12. The predicted molar refractivity (Wildman–Crippen MR) is 131 cm³/mol. The second kappa shape index (κ2) is 8.70. The highest BCUT2D eigenvalue weighted by molar-refractivity contribution is 5.95. The molecule has 0 radical (unpaired) electrons. The minimum absolute atomic E-state index is 0.536. The van der Waals surface area contributed by atoms with Crippen molar-refractivity contribution < 1.29 is 0 Å². The highest BCUT2D eigenvalue weighted by Crippen LogP contribution is 2.32. The number of nitrogens with one attached hydrogen (secondary N) is 1. The van der Waals surface area contributed by atoms with E-state index in [0.29, 0.717) is 6.04 Å². The summed E-state index contributed by atoms with van der Waals surface area (Å²) in [6.45, 7) is 0.857. The van der Waals surface area contributed by atoms with E-state index in [0.717, 1.165) is 46.3 Å². The molecule has 0 saturated heterocycles. The van der Waals surface area contributed by atoms with Crippen LogP contribution in [-0.4, -0.2) is 29.5 Å². The van der Waals surface area contributed by atoms with Crippen LogP contribution in [0.25, 0.3) is 33.3 Å². The predicted octanol–water partition coefficient (Wildman–Crippen LogP) is 6.04. The molecule has 4 aromatic heterocycles. The maximum absolute atomic E-state index is 4.69. The van der Waals surface area contributed by atoms with Gasteiger partial charge in [-0.15, -0.1) is 0 Å². The third-order valence-electron chi connectivity index (χ3n) is 6.83. The number of aromatic nitrogens is 6. The first-order valence-corrected chi connectivity index (χ1v) is 11.9. The molecule has 0 bridgehead atoms. The van der Waals surface area contributed by atoms with Crippen molar-refractivity contribution in [2.75, 3.05) is 0 Å². The van der Waals surface area contributed by atoms with E-state index in [1.165, 1.54) is 37.7 Å². The van der Waals surface area contributed by atoms with E-state index >= 15 is 0 Å². The first-order valence-electron chi connectivity index (χ1n) is 11.9. The van der Waals surface area contributed by atoms with Crippen molar-refractivity contribution >= 4 is 11.0 Å². The first kappa shape index (κ1) is 20.0. The number of pyridine rings is 1. The van der Waals surface area contributed by atoms with Crippen molar-refractivity contribution in [1.29, 1.82) is 0 Å². The molecule has 1 N–H and O–H groups in total. The van der Waals surface area contributed by atoms with E-state index in [2.05, 4.69) is 73.6 Å². The van der Waals surface area contributed by atoms with Gasteiger partial charge in [0.1, 0.15) is 5.65 Å². The Hall–Kier alpha value is -3.67. The summed E-state index contributed by atoms with van der Waals surface area (Å²) >= 11 is 0. The van der Waals surface area contributed by atoms with Gasteiger partial charge in [-0.05, 0) is 30.9 Å². The van der Waals surface area contributed by atoms with Crippen LogP contribution in [0, 0.1) is 0 Å². The smallest absolute Gasteiger partial charge is 0.137 e. The normalized spacial score (nSPS) is 14.8. The van der Waals surface area contributed by atoms with Crippen LogP contribution in [0.4, 0.5) is 0 Å². The molecule has 0 spiro atoms. The van der Waals surface area contributed by atoms with E-state index in [4.69, 9.17) is 0 Å². The van der Waals surface area contributed by atoms with Gasteiger partial charge in [-0.1, -0.05) is 49.6 Å². The second-order valence-corrected chi connectivity index (χ2v) is 9.05. The van der Waals surface area contributed by atoms with Crippen LogP contribution in [0.2, 0.25) is 0 Å². The molecule has 6 nitrogen and oxygen atoms in total. The standard InChI is InChI=1S/C27H28N6/c1-3-7-20(8-4-1)11-12-32-18-23(16-30-32)26-17-29-27-25(26)13-21(14-28-27)22-15-31-33(19-22)24-9-5-2-6-10-24/h1,3-4,7-8,13-19,24H,2,5-6,9-12H2,(H,28,29). The summed E-state index contributed by atoms with van der Waals surface area (Å²) in [7, 11) is 0. The van der Waals surface area contributed by atoms with Crippen LogP contribution >= 0.6 is 0 Å². The van der Waals surface area contributed by atoms with Crippen molar-refractivity contribution in [3.8, 4) is 22.3 Å². The monoisotopic (exact) mass is 436 g/mol. The molecule has 4 heterocycles. The average molecular weight is 437 g/mol. The minimum Gasteiger partial charge on any atom is -0.346 e. The van der Waals surface area contributed by atoms with Gasteiger partial charge >= 0.3 is 0 Å². The quantitative estimate of drug-likeness (QED) is 0.353. The lowest BCUT2D eigenvalue weighted by Gasteiger charge is -2.21. The Morgan fingerprint density at radius 2 is 1.73 bits per heavy atom. The van der Waals surface area contributed by atoms with Gasteiger partial charge in [0.05, 0.1) is 18.4 Å². The zero-order valence-corrected chi connectivity index (χ0v) is 18.7. The fourth-order valence-corrected chi connectivity index (χ4v) is 4.95. The summed E-state index contributed by atoms with van der Waals surface area (Å²) in [4.78, 5) is 8.01. The average Bonchev–Trinajstić information content (AvgIpc) is 3.63. The van der Waals surface area contributed by atoms with Gasteiger partial charge in [-0.25, -0.2) is 4.98 Å². The molecule has 1 saturated carbocycles. The largest absolute Gasteiger partial charge is 0.346 e. The SMILES string of the molecule is c1ccc(CCn2cc(-c3c[nH]c4ncc(-c5cnn(C6CCCCC6)c5)cc34)cn2)cc1. The van der Waals surface area contributed by atoms with Crippen LogP contribution in [0.15, 0.2) is 73.6 Å². The third-order valence-corrected chi connectivity index (χ3v) is 6.83. The van der Waals surface area contributed by atoms with E-state index in [1.54, 1.807) is 0 Å². The minimum atomic E-state index is 0.536. The van der Waals surface area contributed by atoms with Crippen LogP contribution in [0.1, 0.15) is 43.7 Å². The van der Waals surface area contributed by atoms with Crippen molar-refractivity contribution in [2.45, 2.75) is 51.1 Å². The molecule has 5 aromatic rings. The van der Waals surface area contributed by atoms with Gasteiger partial charge in [0.25, 0.3) is 0 Å². The van der Waals surface area contributed by atoms with Gasteiger partial charge < -0.3 is 4.98 Å². The molecule has 33 heavy (non-hydrogen) atoms. The summed E-state index contributed by atoms with van der Waals surface area (Å²) < 4.78 is 4.18. The number of rotatable bonds is 6. The molecule has 1 aliphatic rings. The maximum atomic E-state index is 4.69. The van der Waals surface area contributed by atoms with Crippen molar-refractivity contribution in [2.24, 2.45) is 0 Å². The van der Waals surface area contributed by atoms with E-state index < -0.39 is 0 Å². The molecule has 6 heteroatoms. The molecule has 0 atom stereocenters. The lowest BCUT2D eigenvalue weighted by molar-refractivity contribution is 0.329. The fraction of sp³-hybridized carbons (Fsp3) is 0.296. The molecule has 1 aromatic carbocycles. The van der Waals surface area contributed by atoms with Crippen molar-refractivity contribution in [1.82, 2.24) is 29.5 Å². The van der Waals surface area contributed by atoms with E-state index in [9.17, 15) is 0 Å². The Morgan fingerprint density at radius 1 is 0.879 bits per heavy atom. The van der Waals surface area contributed by atoms with Gasteiger partial charge in [0.2, 0.25) is 0 Å². The summed E-state index contributed by atoms with van der Waals surface area (Å²) in [6, 6.07) is 13.3. The number of hydrogen-bond donors (Lipinski definition) is 1. The number of nitrogens with zero attached hydrogens (tertiary/aromatic N) is 5. The first-order chi connectivity index (χ1) is 16.3. The Kier molecular flexibility index (Phi) is 5.26. The Labute approximate surface area is 193 Å². The van der Waals surface area contributed by atoms with Gasteiger partial charge in [0, 0.05) is 59.0 Å². The van der Waals surface area contributed by atoms with E-state index in [-0.39, 0.29) is 0 Å². The fourth-order valence-electron chi connectivity index (χ4n) is 4.95. The summed E-state index contributed by atoms with van der Waals surface area (Å²) in [6.07, 6.45) is 19.6. The molecule has 1 aliphatic carbocycles.